The molecule has 2 aromatic carbocycles. The number of ether oxygens (including phenoxy) is 2. The standard InChI is InChI=1S/C25H25N3O3/c1-18-7-12-24-26-21(16-28(24)14-18)17-31-23-6-4-5-20(13-23)25(29)27(2)15-19-8-10-22(30-3)11-9-19/h4-14,16H,15,17H2,1-3H3. The van der Waals surface area contributed by atoms with Crippen molar-refractivity contribution in [2.45, 2.75) is 20.1 Å². The molecule has 0 saturated carbocycles. The second-order valence-corrected chi connectivity index (χ2v) is 7.53. The topological polar surface area (TPSA) is 56.1 Å². The number of benzene rings is 2. The molecule has 0 fully saturated rings. The van der Waals surface area contributed by atoms with E-state index in [9.17, 15) is 4.79 Å². The molecule has 6 heteroatoms. The predicted molar refractivity (Wildman–Crippen MR) is 119 cm³/mol. The average Bonchev–Trinajstić information content (AvgIpc) is 3.20. The van der Waals surface area contributed by atoms with Crippen LogP contribution in [0.1, 0.15) is 27.2 Å². The number of carbonyl (C=O) groups excluding carboxylic acids is 1. The predicted octanol–water partition coefficient (Wildman–Crippen LogP) is 4.50. The number of amides is 1. The SMILES string of the molecule is COc1ccc(CN(C)C(=O)c2cccc(OCc3cn4cc(C)ccc4n3)c2)cc1. The fourth-order valence-corrected chi connectivity index (χ4v) is 3.40. The van der Waals surface area contributed by atoms with Crippen molar-refractivity contribution in [3.8, 4) is 11.5 Å². The smallest absolute Gasteiger partial charge is 0.254 e. The van der Waals surface area contributed by atoms with Gasteiger partial charge in [0.25, 0.3) is 5.91 Å². The monoisotopic (exact) mass is 415 g/mol. The van der Waals surface area contributed by atoms with Gasteiger partial charge in [-0.3, -0.25) is 4.79 Å². The van der Waals surface area contributed by atoms with Crippen molar-refractivity contribution >= 4 is 11.6 Å². The summed E-state index contributed by atoms with van der Waals surface area (Å²) in [7, 11) is 3.43. The number of pyridine rings is 1. The number of rotatable bonds is 7. The van der Waals surface area contributed by atoms with Crippen molar-refractivity contribution in [3.05, 3.63) is 95.4 Å². The molecular weight excluding hydrogens is 390 g/mol. The van der Waals surface area contributed by atoms with Crippen LogP contribution in [0.2, 0.25) is 0 Å². The molecule has 0 unspecified atom stereocenters. The Hall–Kier alpha value is -3.80. The van der Waals surface area contributed by atoms with Crippen molar-refractivity contribution in [3.63, 3.8) is 0 Å². The van der Waals surface area contributed by atoms with Crippen LogP contribution in [0.4, 0.5) is 0 Å². The third-order valence-electron chi connectivity index (χ3n) is 5.04. The van der Waals surface area contributed by atoms with E-state index in [0.717, 1.165) is 22.7 Å². The van der Waals surface area contributed by atoms with E-state index in [1.807, 2.05) is 72.2 Å². The normalized spacial score (nSPS) is 10.8. The Morgan fingerprint density at radius 3 is 2.61 bits per heavy atom. The number of aryl methyl sites for hydroxylation is 1. The van der Waals surface area contributed by atoms with Crippen molar-refractivity contribution in [1.82, 2.24) is 14.3 Å². The Balaban J connectivity index is 1.40. The molecule has 0 N–H and O–H groups in total. The van der Waals surface area contributed by atoms with E-state index in [-0.39, 0.29) is 5.91 Å². The van der Waals surface area contributed by atoms with Crippen LogP contribution in [0.25, 0.3) is 5.65 Å². The second-order valence-electron chi connectivity index (χ2n) is 7.53. The van der Waals surface area contributed by atoms with Crippen molar-refractivity contribution < 1.29 is 14.3 Å². The van der Waals surface area contributed by atoms with Crippen LogP contribution >= 0.6 is 0 Å². The van der Waals surface area contributed by atoms with E-state index < -0.39 is 0 Å². The molecule has 0 aliphatic rings. The summed E-state index contributed by atoms with van der Waals surface area (Å²) in [6.45, 7) is 2.89. The Kier molecular flexibility index (Phi) is 5.89. The van der Waals surface area contributed by atoms with Gasteiger partial charge in [-0.25, -0.2) is 4.98 Å². The van der Waals surface area contributed by atoms with Gasteiger partial charge in [-0.1, -0.05) is 24.3 Å². The van der Waals surface area contributed by atoms with Crippen molar-refractivity contribution in [2.24, 2.45) is 0 Å². The summed E-state index contributed by atoms with van der Waals surface area (Å²) in [6, 6.07) is 19.0. The first-order chi connectivity index (χ1) is 15.0. The molecule has 4 aromatic rings. The minimum absolute atomic E-state index is 0.0653. The Morgan fingerprint density at radius 1 is 1.03 bits per heavy atom. The molecule has 4 rings (SSSR count). The number of aromatic nitrogens is 2. The first-order valence-corrected chi connectivity index (χ1v) is 10.1. The molecule has 2 heterocycles. The van der Waals surface area contributed by atoms with Crippen molar-refractivity contribution in [2.75, 3.05) is 14.2 Å². The van der Waals surface area contributed by atoms with Gasteiger partial charge in [0.15, 0.2) is 0 Å². The summed E-state index contributed by atoms with van der Waals surface area (Å²) in [6.07, 6.45) is 3.99. The van der Waals surface area contributed by atoms with Gasteiger partial charge in [-0.2, -0.15) is 0 Å². The Labute approximate surface area is 181 Å². The van der Waals surface area contributed by atoms with Crippen LogP contribution < -0.4 is 9.47 Å². The third kappa shape index (κ3) is 4.86. The lowest BCUT2D eigenvalue weighted by molar-refractivity contribution is 0.0784. The molecule has 0 radical (unpaired) electrons. The van der Waals surface area contributed by atoms with Crippen LogP contribution in [0.5, 0.6) is 11.5 Å². The van der Waals surface area contributed by atoms with Gasteiger partial charge >= 0.3 is 0 Å². The number of hydrogen-bond donors (Lipinski definition) is 0. The summed E-state index contributed by atoms with van der Waals surface area (Å²) < 4.78 is 13.1. The van der Waals surface area contributed by atoms with Gasteiger partial charge in [-0.15, -0.1) is 0 Å². The lowest BCUT2D eigenvalue weighted by Gasteiger charge is -2.18. The zero-order chi connectivity index (χ0) is 21.8. The maximum absolute atomic E-state index is 12.9. The molecule has 0 aliphatic heterocycles. The van der Waals surface area contributed by atoms with Gasteiger partial charge < -0.3 is 18.8 Å². The summed E-state index contributed by atoms with van der Waals surface area (Å²) in [5, 5.41) is 0. The lowest BCUT2D eigenvalue weighted by atomic mass is 10.1. The number of hydrogen-bond acceptors (Lipinski definition) is 4. The van der Waals surface area contributed by atoms with Gasteiger partial charge in [0.1, 0.15) is 23.8 Å². The molecular formula is C25H25N3O3. The third-order valence-corrected chi connectivity index (χ3v) is 5.04. The van der Waals surface area contributed by atoms with E-state index in [4.69, 9.17) is 9.47 Å². The molecule has 158 valence electrons. The minimum atomic E-state index is -0.0653. The van der Waals surface area contributed by atoms with E-state index >= 15 is 0 Å². The highest BCUT2D eigenvalue weighted by molar-refractivity contribution is 5.94. The minimum Gasteiger partial charge on any atom is -0.497 e. The summed E-state index contributed by atoms with van der Waals surface area (Å²) in [5.41, 5.74) is 4.50. The lowest BCUT2D eigenvalue weighted by Crippen LogP contribution is -2.26. The largest absolute Gasteiger partial charge is 0.497 e. The molecule has 0 saturated heterocycles. The van der Waals surface area contributed by atoms with E-state index in [1.165, 1.54) is 5.56 Å². The molecule has 0 atom stereocenters. The Bertz CT molecular complexity index is 1200. The van der Waals surface area contributed by atoms with Gasteiger partial charge in [0, 0.05) is 31.5 Å². The van der Waals surface area contributed by atoms with Crippen LogP contribution in [0.3, 0.4) is 0 Å². The second kappa shape index (κ2) is 8.92. The number of carbonyl (C=O) groups is 1. The van der Waals surface area contributed by atoms with Crippen molar-refractivity contribution in [1.29, 1.82) is 0 Å². The Morgan fingerprint density at radius 2 is 1.84 bits per heavy atom. The molecule has 0 bridgehead atoms. The van der Waals surface area contributed by atoms with Gasteiger partial charge in [-0.05, 0) is 54.4 Å². The molecule has 6 nitrogen and oxygen atoms in total. The van der Waals surface area contributed by atoms with Gasteiger partial charge in [0.2, 0.25) is 0 Å². The van der Waals surface area contributed by atoms with E-state index in [2.05, 4.69) is 4.98 Å². The molecule has 31 heavy (non-hydrogen) atoms. The molecule has 1 amide bonds. The van der Waals surface area contributed by atoms with Crippen LogP contribution in [-0.4, -0.2) is 34.3 Å². The van der Waals surface area contributed by atoms with Gasteiger partial charge in [0.05, 0.1) is 12.8 Å². The first kappa shape index (κ1) is 20.5. The highest BCUT2D eigenvalue weighted by Crippen LogP contribution is 2.18. The molecule has 0 spiro atoms. The average molecular weight is 415 g/mol. The number of fused-ring (bicyclic) bond motifs is 1. The summed E-state index contributed by atoms with van der Waals surface area (Å²) in [5.74, 6) is 1.37. The molecule has 2 aromatic heterocycles. The zero-order valence-electron chi connectivity index (χ0n) is 17.9. The highest BCUT2D eigenvalue weighted by Gasteiger charge is 2.13. The maximum atomic E-state index is 12.9. The maximum Gasteiger partial charge on any atom is 0.254 e. The van der Waals surface area contributed by atoms with E-state index in [1.54, 1.807) is 31.2 Å². The highest BCUT2D eigenvalue weighted by atomic mass is 16.5. The molecule has 0 aliphatic carbocycles. The fourth-order valence-electron chi connectivity index (χ4n) is 3.40. The first-order valence-electron chi connectivity index (χ1n) is 10.1. The number of nitrogens with zero attached hydrogens (tertiary/aromatic N) is 3. The quantitative estimate of drug-likeness (QED) is 0.446. The van der Waals surface area contributed by atoms with Crippen LogP contribution in [0.15, 0.2) is 73.1 Å². The zero-order valence-corrected chi connectivity index (χ0v) is 17.9. The van der Waals surface area contributed by atoms with E-state index in [0.29, 0.717) is 24.5 Å². The summed E-state index contributed by atoms with van der Waals surface area (Å²) >= 11 is 0. The fraction of sp³-hybridized carbons (Fsp3) is 0.200. The number of methoxy groups -OCH3 is 1. The number of imidazole rings is 1. The summed E-state index contributed by atoms with van der Waals surface area (Å²) in [4.78, 5) is 19.1. The van der Waals surface area contributed by atoms with Crippen LogP contribution in [0, 0.1) is 6.92 Å². The van der Waals surface area contributed by atoms with Crippen LogP contribution in [-0.2, 0) is 13.2 Å².